The number of hydrogen-bond donors (Lipinski definition) is 5. The molecule has 0 fully saturated rings. The van der Waals surface area contributed by atoms with Crippen LogP contribution in [0.3, 0.4) is 0 Å². The van der Waals surface area contributed by atoms with Crippen LogP contribution in [0.1, 0.15) is 21.6 Å². The van der Waals surface area contributed by atoms with Crippen LogP contribution < -0.4 is 22.0 Å². The van der Waals surface area contributed by atoms with Crippen LogP contribution >= 0.6 is 11.6 Å². The van der Waals surface area contributed by atoms with Crippen LogP contribution in [-0.4, -0.2) is 39.5 Å². The number of aromatic hydroxyl groups is 1. The number of hydrazine groups is 1. The Morgan fingerprint density at radius 2 is 1.96 bits per heavy atom. The van der Waals surface area contributed by atoms with Gasteiger partial charge in [0.1, 0.15) is 6.54 Å². The summed E-state index contributed by atoms with van der Waals surface area (Å²) >= 11 is 5.82. The molecule has 0 saturated heterocycles. The van der Waals surface area contributed by atoms with Crippen LogP contribution in [0.2, 0.25) is 5.02 Å². The molecule has 1 amide bonds. The third kappa shape index (κ3) is 4.84. The molecule has 1 heterocycles. The molecule has 0 atom stereocenters. The van der Waals surface area contributed by atoms with E-state index in [1.54, 1.807) is 24.3 Å². The van der Waals surface area contributed by atoms with Crippen molar-refractivity contribution in [3.63, 3.8) is 0 Å². The van der Waals surface area contributed by atoms with Gasteiger partial charge >= 0.3 is 5.97 Å². The first-order chi connectivity index (χ1) is 12.7. The van der Waals surface area contributed by atoms with Gasteiger partial charge in [0.2, 0.25) is 0 Å². The molecule has 2 rings (SSSR count). The highest BCUT2D eigenvalue weighted by molar-refractivity contribution is 6.30. The van der Waals surface area contributed by atoms with Gasteiger partial charge in [-0.05, 0) is 31.2 Å². The van der Waals surface area contributed by atoms with Crippen molar-refractivity contribution < 1.29 is 19.8 Å². The zero-order valence-corrected chi connectivity index (χ0v) is 14.9. The second-order valence-corrected chi connectivity index (χ2v) is 5.81. The highest BCUT2D eigenvalue weighted by Crippen LogP contribution is 2.23. The second-order valence-electron chi connectivity index (χ2n) is 5.38. The van der Waals surface area contributed by atoms with Crippen molar-refractivity contribution in [2.24, 2.45) is 16.7 Å². The standard InChI is InChI=1S/C16H17ClN6O4/c1-8-11(6-20-13(14(8)26)16(27)21-7-12(24)25)15(18)22-23(19)10-4-2-9(17)3-5-10/h2-6,26H,7,19H2,1H3,(H2,18,22)(H,21,27)(H,24,25). The van der Waals surface area contributed by atoms with Gasteiger partial charge in [0.05, 0.1) is 5.69 Å². The third-order valence-electron chi connectivity index (χ3n) is 3.50. The number of nitrogens with one attached hydrogen (secondary N) is 1. The van der Waals surface area contributed by atoms with Crippen LogP contribution in [0.5, 0.6) is 5.75 Å². The number of hydrazone groups is 1. The summed E-state index contributed by atoms with van der Waals surface area (Å²) in [5.74, 6) is 3.29. The number of halogens is 1. The van der Waals surface area contributed by atoms with E-state index in [4.69, 9.17) is 28.3 Å². The molecular formula is C16H17ClN6O4. The number of pyridine rings is 1. The monoisotopic (exact) mass is 392 g/mol. The van der Waals surface area contributed by atoms with Gasteiger partial charge in [0.15, 0.2) is 17.3 Å². The highest BCUT2D eigenvalue weighted by atomic mass is 35.5. The van der Waals surface area contributed by atoms with E-state index in [0.717, 1.165) is 5.12 Å². The molecule has 7 N–H and O–H groups in total. The summed E-state index contributed by atoms with van der Waals surface area (Å²) in [6.07, 6.45) is 1.24. The van der Waals surface area contributed by atoms with Crippen molar-refractivity contribution in [3.05, 3.63) is 52.3 Å². The molecule has 0 aliphatic heterocycles. The summed E-state index contributed by atoms with van der Waals surface area (Å²) < 4.78 is 0. The van der Waals surface area contributed by atoms with Gasteiger partial charge in [0.25, 0.3) is 5.91 Å². The average molecular weight is 393 g/mol. The van der Waals surface area contributed by atoms with Crippen molar-refractivity contribution in [2.45, 2.75) is 6.92 Å². The van der Waals surface area contributed by atoms with E-state index in [0.29, 0.717) is 10.7 Å². The summed E-state index contributed by atoms with van der Waals surface area (Å²) in [6, 6.07) is 6.53. The van der Waals surface area contributed by atoms with Crippen molar-refractivity contribution in [1.82, 2.24) is 10.3 Å². The molecule has 1 aromatic carbocycles. The van der Waals surface area contributed by atoms with Crippen LogP contribution in [0.4, 0.5) is 5.69 Å². The maximum absolute atomic E-state index is 11.9. The average Bonchev–Trinajstić information content (AvgIpc) is 2.62. The molecule has 0 unspecified atom stereocenters. The third-order valence-corrected chi connectivity index (χ3v) is 3.76. The Morgan fingerprint density at radius 3 is 2.56 bits per heavy atom. The Balaban J connectivity index is 2.27. The van der Waals surface area contributed by atoms with Gasteiger partial charge < -0.3 is 21.3 Å². The van der Waals surface area contributed by atoms with E-state index in [-0.39, 0.29) is 22.7 Å². The lowest BCUT2D eigenvalue weighted by Gasteiger charge is -2.15. The topological polar surface area (TPSA) is 167 Å². The first-order valence-electron chi connectivity index (χ1n) is 7.54. The molecule has 10 nitrogen and oxygen atoms in total. The van der Waals surface area contributed by atoms with Gasteiger partial charge in [-0.15, -0.1) is 5.10 Å². The molecule has 142 valence electrons. The largest absolute Gasteiger partial charge is 0.505 e. The maximum atomic E-state index is 11.9. The molecule has 0 spiro atoms. The zero-order valence-electron chi connectivity index (χ0n) is 14.2. The quantitative estimate of drug-likeness (QED) is 0.206. The molecule has 1 aromatic heterocycles. The molecule has 0 aliphatic carbocycles. The number of aliphatic carboxylic acids is 1. The Bertz CT molecular complexity index is 901. The predicted molar refractivity (Wildman–Crippen MR) is 99.5 cm³/mol. The Morgan fingerprint density at radius 1 is 1.33 bits per heavy atom. The lowest BCUT2D eigenvalue weighted by atomic mass is 10.1. The number of carboxylic acid groups (broad SMARTS) is 1. The van der Waals surface area contributed by atoms with E-state index in [1.165, 1.54) is 13.1 Å². The van der Waals surface area contributed by atoms with Crippen LogP contribution in [-0.2, 0) is 4.79 Å². The van der Waals surface area contributed by atoms with Crippen molar-refractivity contribution in [1.29, 1.82) is 0 Å². The summed E-state index contributed by atoms with van der Waals surface area (Å²) in [7, 11) is 0. The fraction of sp³-hybridized carbons (Fsp3) is 0.125. The molecule has 0 bridgehead atoms. The van der Waals surface area contributed by atoms with Crippen molar-refractivity contribution >= 4 is 35.0 Å². The minimum atomic E-state index is -1.22. The van der Waals surface area contributed by atoms with E-state index < -0.39 is 24.2 Å². The zero-order chi connectivity index (χ0) is 20.1. The van der Waals surface area contributed by atoms with Gasteiger partial charge in [0, 0.05) is 22.3 Å². The van der Waals surface area contributed by atoms with Gasteiger partial charge in [-0.3, -0.25) is 9.59 Å². The smallest absolute Gasteiger partial charge is 0.322 e. The number of aromatic nitrogens is 1. The number of hydrogen-bond acceptors (Lipinski definition) is 7. The van der Waals surface area contributed by atoms with E-state index >= 15 is 0 Å². The predicted octanol–water partition coefficient (Wildman–Crippen LogP) is 0.564. The van der Waals surface area contributed by atoms with Crippen LogP contribution in [0.15, 0.2) is 35.6 Å². The molecule has 27 heavy (non-hydrogen) atoms. The first-order valence-corrected chi connectivity index (χ1v) is 7.92. The molecule has 11 heteroatoms. The number of amides is 1. The minimum Gasteiger partial charge on any atom is -0.505 e. The molecule has 0 saturated carbocycles. The summed E-state index contributed by atoms with van der Waals surface area (Å²) in [4.78, 5) is 26.2. The van der Waals surface area contributed by atoms with Crippen molar-refractivity contribution in [2.75, 3.05) is 11.7 Å². The van der Waals surface area contributed by atoms with Crippen LogP contribution in [0.25, 0.3) is 0 Å². The van der Waals surface area contributed by atoms with Crippen LogP contribution in [0, 0.1) is 6.92 Å². The number of nitrogens with zero attached hydrogens (tertiary/aromatic N) is 3. The number of amidine groups is 1. The summed E-state index contributed by atoms with van der Waals surface area (Å²) in [5, 5.41) is 26.5. The molecule has 0 aliphatic rings. The van der Waals surface area contributed by atoms with E-state index in [9.17, 15) is 14.7 Å². The molecule has 0 radical (unpaired) electrons. The maximum Gasteiger partial charge on any atom is 0.322 e. The number of nitrogens with two attached hydrogens (primary N) is 2. The lowest BCUT2D eigenvalue weighted by Crippen LogP contribution is -2.31. The lowest BCUT2D eigenvalue weighted by molar-refractivity contribution is -0.135. The second kappa shape index (κ2) is 8.34. The Hall–Kier alpha value is -3.37. The first kappa shape index (κ1) is 19.9. The van der Waals surface area contributed by atoms with Crippen molar-refractivity contribution in [3.8, 4) is 5.75 Å². The number of carboxylic acids is 1. The Kier molecular flexibility index (Phi) is 6.16. The fourth-order valence-corrected chi connectivity index (χ4v) is 2.20. The van der Waals surface area contributed by atoms with Gasteiger partial charge in [-0.25, -0.2) is 10.8 Å². The normalized spacial score (nSPS) is 11.1. The van der Waals surface area contributed by atoms with Gasteiger partial charge in [-0.1, -0.05) is 11.6 Å². The number of carbonyl (C=O) groups is 2. The SMILES string of the molecule is Cc1c(/C(N)=N/N(N)c2ccc(Cl)cc2)cnc(C(=O)NCC(=O)O)c1O. The number of carbonyl (C=O) groups excluding carboxylic acids is 1. The fourth-order valence-electron chi connectivity index (χ4n) is 2.08. The summed E-state index contributed by atoms with van der Waals surface area (Å²) in [5.41, 5.74) is 6.61. The van der Waals surface area contributed by atoms with Gasteiger partial charge in [-0.2, -0.15) is 5.12 Å². The molecule has 2 aromatic rings. The van der Waals surface area contributed by atoms with E-state index in [1.807, 2.05) is 0 Å². The number of benzene rings is 1. The number of anilines is 1. The molecular weight excluding hydrogens is 376 g/mol. The summed E-state index contributed by atoms with van der Waals surface area (Å²) in [6.45, 7) is 0.902. The highest BCUT2D eigenvalue weighted by Gasteiger charge is 2.19. The van der Waals surface area contributed by atoms with E-state index in [2.05, 4.69) is 15.4 Å². The Labute approximate surface area is 159 Å². The minimum absolute atomic E-state index is 0.0507. The number of rotatable bonds is 6.